The summed E-state index contributed by atoms with van der Waals surface area (Å²) >= 11 is 0. The number of guanidine groups is 1. The van der Waals surface area contributed by atoms with E-state index in [0.717, 1.165) is 11.3 Å². The van der Waals surface area contributed by atoms with Crippen LogP contribution in [0.5, 0.6) is 5.75 Å². The molecule has 0 atom stereocenters. The zero-order chi connectivity index (χ0) is 18.7. The lowest BCUT2D eigenvalue weighted by molar-refractivity contribution is 0.0529. The maximum Gasteiger partial charge on any atom is 0.407 e. The van der Waals surface area contributed by atoms with Crippen LogP contribution >= 0.6 is 0 Å². The van der Waals surface area contributed by atoms with Crippen LogP contribution in [0.1, 0.15) is 26.3 Å². The van der Waals surface area contributed by atoms with E-state index >= 15 is 0 Å². The first-order chi connectivity index (χ1) is 11.8. The summed E-state index contributed by atoms with van der Waals surface area (Å²) in [6, 6.07) is 7.90. The number of nitrogens with one attached hydrogen (secondary N) is 3. The second-order valence-corrected chi connectivity index (χ2v) is 6.47. The maximum atomic E-state index is 11.5. The molecule has 0 unspecified atom stereocenters. The Morgan fingerprint density at radius 1 is 1.08 bits per heavy atom. The van der Waals surface area contributed by atoms with Crippen molar-refractivity contribution in [3.8, 4) is 5.75 Å². The third-order valence-electron chi connectivity index (χ3n) is 3.05. The third-order valence-corrected chi connectivity index (χ3v) is 3.05. The number of ether oxygens (including phenoxy) is 2. The number of carbonyl (C=O) groups excluding carboxylic acids is 1. The normalized spacial score (nSPS) is 11.6. The molecule has 0 spiro atoms. The van der Waals surface area contributed by atoms with Gasteiger partial charge in [0.05, 0.1) is 6.54 Å². The van der Waals surface area contributed by atoms with Crippen LogP contribution in [0.2, 0.25) is 0 Å². The summed E-state index contributed by atoms with van der Waals surface area (Å²) in [7, 11) is 1.69. The first kappa shape index (κ1) is 20.6. The van der Waals surface area contributed by atoms with Gasteiger partial charge in [0.2, 0.25) is 0 Å². The number of rotatable bonds is 7. The van der Waals surface area contributed by atoms with Crippen molar-refractivity contribution >= 4 is 12.1 Å². The van der Waals surface area contributed by atoms with Gasteiger partial charge in [-0.3, -0.25) is 4.99 Å². The molecule has 1 rings (SSSR count). The van der Waals surface area contributed by atoms with Gasteiger partial charge in [-0.15, -0.1) is 0 Å². The van der Waals surface area contributed by atoms with Crippen LogP contribution in [0.4, 0.5) is 4.79 Å². The molecule has 1 aromatic carbocycles. The van der Waals surface area contributed by atoms with Gasteiger partial charge < -0.3 is 25.4 Å². The van der Waals surface area contributed by atoms with Gasteiger partial charge in [0, 0.05) is 20.1 Å². The van der Waals surface area contributed by atoms with Gasteiger partial charge in [0.1, 0.15) is 18.0 Å². The molecule has 140 valence electrons. The van der Waals surface area contributed by atoms with E-state index in [2.05, 4.69) is 20.9 Å². The van der Waals surface area contributed by atoms with Crippen molar-refractivity contribution < 1.29 is 14.3 Å². The number of alkyl carbamates (subject to hydrolysis) is 1. The second kappa shape index (κ2) is 10.4. The number of carbonyl (C=O) groups is 1. The van der Waals surface area contributed by atoms with Crippen molar-refractivity contribution in [2.75, 3.05) is 33.3 Å². The average Bonchev–Trinajstić information content (AvgIpc) is 2.53. The monoisotopic (exact) mass is 350 g/mol. The molecular formula is C18H30N4O3. The fourth-order valence-electron chi connectivity index (χ4n) is 1.93. The number of nitrogens with zero attached hydrogens (tertiary/aromatic N) is 1. The third kappa shape index (κ3) is 9.44. The fraction of sp³-hybridized carbons (Fsp3) is 0.556. The van der Waals surface area contributed by atoms with Gasteiger partial charge in [-0.25, -0.2) is 4.79 Å². The van der Waals surface area contributed by atoms with Gasteiger partial charge in [0.15, 0.2) is 5.96 Å². The number of amides is 1. The molecule has 0 aliphatic carbocycles. The number of aryl methyl sites for hydroxylation is 1. The van der Waals surface area contributed by atoms with Crippen molar-refractivity contribution in [3.05, 3.63) is 29.8 Å². The minimum absolute atomic E-state index is 0.427. The van der Waals surface area contributed by atoms with Crippen LogP contribution in [0, 0.1) is 6.92 Å². The summed E-state index contributed by atoms with van der Waals surface area (Å²) in [5.74, 6) is 1.54. The Bertz CT molecular complexity index is 568. The summed E-state index contributed by atoms with van der Waals surface area (Å²) in [4.78, 5) is 15.6. The van der Waals surface area contributed by atoms with Gasteiger partial charge in [-0.2, -0.15) is 0 Å². The zero-order valence-corrected chi connectivity index (χ0v) is 15.8. The van der Waals surface area contributed by atoms with Crippen LogP contribution in [0.15, 0.2) is 29.3 Å². The van der Waals surface area contributed by atoms with E-state index in [1.807, 2.05) is 52.0 Å². The highest BCUT2D eigenvalue weighted by Gasteiger charge is 2.15. The minimum Gasteiger partial charge on any atom is -0.491 e. The summed E-state index contributed by atoms with van der Waals surface area (Å²) in [6.45, 7) is 9.63. The van der Waals surface area contributed by atoms with E-state index in [4.69, 9.17) is 9.47 Å². The summed E-state index contributed by atoms with van der Waals surface area (Å²) in [5, 5.41) is 8.95. The minimum atomic E-state index is -0.494. The number of hydrogen-bond donors (Lipinski definition) is 3. The lowest BCUT2D eigenvalue weighted by Crippen LogP contribution is -2.43. The Labute approximate surface area is 150 Å². The quantitative estimate of drug-likeness (QED) is 0.398. The number of aliphatic imine (C=N–C) groups is 1. The molecule has 3 N–H and O–H groups in total. The van der Waals surface area contributed by atoms with Gasteiger partial charge in [0.25, 0.3) is 0 Å². The molecule has 1 aromatic rings. The zero-order valence-electron chi connectivity index (χ0n) is 15.8. The van der Waals surface area contributed by atoms with E-state index < -0.39 is 11.7 Å². The fourth-order valence-corrected chi connectivity index (χ4v) is 1.93. The first-order valence-electron chi connectivity index (χ1n) is 8.41. The Kier molecular flexibility index (Phi) is 8.60. The molecular weight excluding hydrogens is 320 g/mol. The van der Waals surface area contributed by atoms with E-state index in [9.17, 15) is 4.79 Å². The largest absolute Gasteiger partial charge is 0.491 e. The molecule has 0 aliphatic rings. The SMILES string of the molecule is CN=C(NCCNC(=O)OC(C)(C)C)NCCOc1ccccc1C. The molecule has 0 fully saturated rings. The molecule has 0 aliphatic heterocycles. The molecule has 7 nitrogen and oxygen atoms in total. The number of benzene rings is 1. The van der Waals surface area contributed by atoms with E-state index in [1.165, 1.54) is 0 Å². The van der Waals surface area contributed by atoms with Crippen LogP contribution in [-0.4, -0.2) is 50.9 Å². The van der Waals surface area contributed by atoms with E-state index in [1.54, 1.807) is 7.05 Å². The first-order valence-corrected chi connectivity index (χ1v) is 8.41. The smallest absolute Gasteiger partial charge is 0.407 e. The topological polar surface area (TPSA) is 84.0 Å². The van der Waals surface area contributed by atoms with Crippen LogP contribution in [-0.2, 0) is 4.74 Å². The Morgan fingerprint density at radius 2 is 1.72 bits per heavy atom. The van der Waals surface area contributed by atoms with Crippen molar-refractivity contribution in [1.82, 2.24) is 16.0 Å². The molecule has 25 heavy (non-hydrogen) atoms. The lowest BCUT2D eigenvalue weighted by atomic mass is 10.2. The number of para-hydroxylation sites is 1. The molecule has 0 saturated carbocycles. The Hall–Kier alpha value is -2.44. The number of hydrogen-bond acceptors (Lipinski definition) is 4. The maximum absolute atomic E-state index is 11.5. The molecule has 0 aromatic heterocycles. The van der Waals surface area contributed by atoms with Gasteiger partial charge in [-0.05, 0) is 39.3 Å². The Morgan fingerprint density at radius 3 is 2.36 bits per heavy atom. The average molecular weight is 350 g/mol. The summed E-state index contributed by atoms with van der Waals surface area (Å²) in [5.41, 5.74) is 0.616. The molecule has 0 bridgehead atoms. The highest BCUT2D eigenvalue weighted by molar-refractivity contribution is 5.79. The highest BCUT2D eigenvalue weighted by Crippen LogP contribution is 2.15. The predicted molar refractivity (Wildman–Crippen MR) is 100 cm³/mol. The van der Waals surface area contributed by atoms with Crippen molar-refractivity contribution in [2.24, 2.45) is 4.99 Å². The molecule has 0 heterocycles. The van der Waals surface area contributed by atoms with Crippen LogP contribution < -0.4 is 20.7 Å². The van der Waals surface area contributed by atoms with Crippen molar-refractivity contribution in [3.63, 3.8) is 0 Å². The van der Waals surface area contributed by atoms with Crippen LogP contribution in [0.3, 0.4) is 0 Å². The van der Waals surface area contributed by atoms with Gasteiger partial charge in [-0.1, -0.05) is 18.2 Å². The van der Waals surface area contributed by atoms with Gasteiger partial charge >= 0.3 is 6.09 Å². The molecule has 1 amide bonds. The van der Waals surface area contributed by atoms with Crippen molar-refractivity contribution in [1.29, 1.82) is 0 Å². The summed E-state index contributed by atoms with van der Waals surface area (Å²) in [6.07, 6.45) is -0.427. The van der Waals surface area contributed by atoms with E-state index in [0.29, 0.717) is 32.2 Å². The summed E-state index contributed by atoms with van der Waals surface area (Å²) < 4.78 is 10.9. The Balaban J connectivity index is 2.16. The molecule has 0 saturated heterocycles. The second-order valence-electron chi connectivity index (χ2n) is 6.47. The lowest BCUT2D eigenvalue weighted by Gasteiger charge is -2.20. The van der Waals surface area contributed by atoms with Crippen LogP contribution in [0.25, 0.3) is 0 Å². The van der Waals surface area contributed by atoms with Crippen molar-refractivity contribution in [2.45, 2.75) is 33.3 Å². The van der Waals surface area contributed by atoms with E-state index in [-0.39, 0.29) is 0 Å². The predicted octanol–water partition coefficient (Wildman–Crippen LogP) is 2.06. The standard InChI is InChI=1S/C18H30N4O3/c1-14-8-6-7-9-15(14)24-13-12-21-16(19-5)20-10-11-22-17(23)25-18(2,3)4/h6-9H,10-13H2,1-5H3,(H,22,23)(H2,19,20,21). The highest BCUT2D eigenvalue weighted by atomic mass is 16.6. The molecule has 7 heteroatoms. The molecule has 0 radical (unpaired) electrons.